The van der Waals surface area contributed by atoms with E-state index in [4.69, 9.17) is 4.74 Å². The molecule has 0 radical (unpaired) electrons. The van der Waals surface area contributed by atoms with Crippen LogP contribution in [-0.2, 0) is 14.3 Å². The van der Waals surface area contributed by atoms with Gasteiger partial charge in [0, 0.05) is 12.6 Å². The fourth-order valence-corrected chi connectivity index (χ4v) is 4.64. The zero-order valence-electron chi connectivity index (χ0n) is 24.4. The molecule has 2 atom stereocenters. The van der Waals surface area contributed by atoms with Crippen LogP contribution in [0.15, 0.2) is 18.2 Å². The molecule has 2 N–H and O–H groups in total. The first-order valence-electron chi connectivity index (χ1n) is 13.5. The van der Waals surface area contributed by atoms with Gasteiger partial charge in [0.05, 0.1) is 0 Å². The molecule has 0 bridgehead atoms. The molecule has 8 heteroatoms. The van der Waals surface area contributed by atoms with Gasteiger partial charge in [-0.2, -0.15) is 11.8 Å². The van der Waals surface area contributed by atoms with Crippen LogP contribution >= 0.6 is 11.8 Å². The highest BCUT2D eigenvalue weighted by atomic mass is 32.2. The maximum absolute atomic E-state index is 14.2. The van der Waals surface area contributed by atoms with E-state index in [9.17, 15) is 14.4 Å². The Bertz CT molecular complexity index is 882. The van der Waals surface area contributed by atoms with Crippen LogP contribution < -0.4 is 10.6 Å². The normalized spacial score (nSPS) is 13.1. The minimum absolute atomic E-state index is 0.0787. The molecule has 0 saturated carbocycles. The lowest BCUT2D eigenvalue weighted by molar-refractivity contribution is -0.142. The van der Waals surface area contributed by atoms with E-state index in [2.05, 4.69) is 17.6 Å². The quantitative estimate of drug-likeness (QED) is 0.289. The summed E-state index contributed by atoms with van der Waals surface area (Å²) in [6, 6.07) is 4.28. The van der Waals surface area contributed by atoms with Crippen LogP contribution in [0.5, 0.6) is 0 Å². The summed E-state index contributed by atoms with van der Waals surface area (Å²) in [5, 5.41) is 5.83. The van der Waals surface area contributed by atoms with Gasteiger partial charge in [-0.25, -0.2) is 4.79 Å². The van der Waals surface area contributed by atoms with Gasteiger partial charge in [-0.15, -0.1) is 0 Å². The molecule has 2 unspecified atom stereocenters. The van der Waals surface area contributed by atoms with E-state index in [0.29, 0.717) is 18.7 Å². The molecule has 0 fully saturated rings. The number of carbonyl (C=O) groups excluding carboxylic acids is 3. The van der Waals surface area contributed by atoms with Crippen LogP contribution in [-0.4, -0.2) is 59.0 Å². The third-order valence-electron chi connectivity index (χ3n) is 5.85. The Morgan fingerprint density at radius 2 is 1.73 bits per heavy atom. The summed E-state index contributed by atoms with van der Waals surface area (Å²) in [7, 11) is 0. The van der Waals surface area contributed by atoms with Gasteiger partial charge < -0.3 is 20.3 Å². The second-order valence-corrected chi connectivity index (χ2v) is 12.0. The monoisotopic (exact) mass is 535 g/mol. The number of carbonyl (C=O) groups is 3. The second kappa shape index (κ2) is 15.9. The molecular formula is C29H49N3O4S. The van der Waals surface area contributed by atoms with Crippen molar-refractivity contribution in [3.63, 3.8) is 0 Å². The average molecular weight is 536 g/mol. The van der Waals surface area contributed by atoms with Gasteiger partial charge in [-0.3, -0.25) is 9.59 Å². The van der Waals surface area contributed by atoms with Gasteiger partial charge in [0.1, 0.15) is 17.7 Å². The Morgan fingerprint density at radius 3 is 2.27 bits per heavy atom. The molecule has 37 heavy (non-hydrogen) atoms. The van der Waals surface area contributed by atoms with Crippen LogP contribution in [0.3, 0.4) is 0 Å². The summed E-state index contributed by atoms with van der Waals surface area (Å²) in [5.74, 6) is 0.203. The number of amides is 3. The smallest absolute Gasteiger partial charge is 0.408 e. The maximum Gasteiger partial charge on any atom is 0.408 e. The summed E-state index contributed by atoms with van der Waals surface area (Å²) in [5.41, 5.74) is 2.16. The Labute approximate surface area is 228 Å². The second-order valence-electron chi connectivity index (χ2n) is 11.0. The van der Waals surface area contributed by atoms with Crippen molar-refractivity contribution in [1.82, 2.24) is 15.5 Å². The lowest BCUT2D eigenvalue weighted by Crippen LogP contribution is -2.54. The standard InChI is InChI=1S/C29H49N3O4S/c1-10-11-12-13-17-32(27(34)24(16-18-37-9)31-28(35)36-29(6,7)8)25(26(33)30-20(2)3)23-15-14-21(4)19-22(23)5/h14-15,19-20,24-25H,10-13,16-18H2,1-9H3,(H,30,33)(H,31,35). The molecule has 1 rings (SSSR count). The van der Waals surface area contributed by atoms with E-state index in [1.165, 1.54) is 0 Å². The minimum atomic E-state index is -0.798. The summed E-state index contributed by atoms with van der Waals surface area (Å²) in [6.45, 7) is 15.7. The Balaban J connectivity index is 3.51. The van der Waals surface area contributed by atoms with Crippen LogP contribution in [0, 0.1) is 13.8 Å². The van der Waals surface area contributed by atoms with E-state index in [0.717, 1.165) is 42.4 Å². The van der Waals surface area contributed by atoms with Crippen molar-refractivity contribution in [1.29, 1.82) is 0 Å². The molecule has 0 aromatic heterocycles. The van der Waals surface area contributed by atoms with Crippen molar-refractivity contribution < 1.29 is 19.1 Å². The predicted molar refractivity (Wildman–Crippen MR) is 154 cm³/mol. The number of nitrogens with zero attached hydrogens (tertiary/aromatic N) is 1. The largest absolute Gasteiger partial charge is 0.444 e. The molecule has 210 valence electrons. The summed E-state index contributed by atoms with van der Waals surface area (Å²) >= 11 is 1.61. The van der Waals surface area contributed by atoms with Gasteiger partial charge in [0.2, 0.25) is 11.8 Å². The molecule has 1 aromatic carbocycles. The van der Waals surface area contributed by atoms with Crippen molar-refractivity contribution >= 4 is 29.7 Å². The summed E-state index contributed by atoms with van der Waals surface area (Å²) in [4.78, 5) is 42.2. The maximum atomic E-state index is 14.2. The number of aryl methyl sites for hydroxylation is 2. The van der Waals surface area contributed by atoms with Crippen LogP contribution in [0.4, 0.5) is 4.79 Å². The SMILES string of the molecule is CCCCCCN(C(=O)C(CCSC)NC(=O)OC(C)(C)C)C(C(=O)NC(C)C)c1ccc(C)cc1C. The van der Waals surface area contributed by atoms with Crippen molar-refractivity contribution in [3.05, 3.63) is 34.9 Å². The van der Waals surface area contributed by atoms with Crippen LogP contribution in [0.2, 0.25) is 0 Å². The zero-order chi connectivity index (χ0) is 28.2. The van der Waals surface area contributed by atoms with E-state index in [-0.39, 0.29) is 17.9 Å². The molecule has 0 spiro atoms. The Hall–Kier alpha value is -2.22. The third-order valence-corrected chi connectivity index (χ3v) is 6.49. The van der Waals surface area contributed by atoms with Crippen LogP contribution in [0.25, 0.3) is 0 Å². The first-order chi connectivity index (χ1) is 17.3. The number of hydrogen-bond acceptors (Lipinski definition) is 5. The molecule has 0 aliphatic heterocycles. The summed E-state index contributed by atoms with van der Waals surface area (Å²) < 4.78 is 5.46. The third kappa shape index (κ3) is 11.8. The van der Waals surface area contributed by atoms with Crippen molar-refractivity contribution in [2.24, 2.45) is 0 Å². The number of alkyl carbamates (subject to hydrolysis) is 1. The fourth-order valence-electron chi connectivity index (χ4n) is 4.17. The number of unbranched alkanes of at least 4 members (excludes halogenated alkanes) is 3. The average Bonchev–Trinajstić information content (AvgIpc) is 2.77. The highest BCUT2D eigenvalue weighted by molar-refractivity contribution is 7.98. The number of thioether (sulfide) groups is 1. The predicted octanol–water partition coefficient (Wildman–Crippen LogP) is 5.92. The molecule has 3 amide bonds. The van der Waals surface area contributed by atoms with Crippen molar-refractivity contribution in [3.8, 4) is 0 Å². The van der Waals surface area contributed by atoms with E-state index in [1.54, 1.807) is 37.4 Å². The van der Waals surface area contributed by atoms with Gasteiger partial charge >= 0.3 is 6.09 Å². The number of benzene rings is 1. The number of hydrogen-bond donors (Lipinski definition) is 2. The van der Waals surface area contributed by atoms with Gasteiger partial charge in [-0.05, 0) is 84.4 Å². The lowest BCUT2D eigenvalue weighted by atomic mass is 9.95. The summed E-state index contributed by atoms with van der Waals surface area (Å²) in [6.07, 6.45) is 5.63. The van der Waals surface area contributed by atoms with Crippen LogP contribution in [0.1, 0.15) is 96.4 Å². The van der Waals surface area contributed by atoms with Gasteiger partial charge in [0.15, 0.2) is 0 Å². The number of ether oxygens (including phenoxy) is 1. The first kappa shape index (κ1) is 32.8. The van der Waals surface area contributed by atoms with Gasteiger partial charge in [0.25, 0.3) is 0 Å². The van der Waals surface area contributed by atoms with E-state index in [1.807, 2.05) is 52.1 Å². The zero-order valence-corrected chi connectivity index (χ0v) is 25.2. The molecule has 0 heterocycles. The molecular weight excluding hydrogens is 486 g/mol. The van der Waals surface area contributed by atoms with Crippen molar-refractivity contribution in [2.75, 3.05) is 18.6 Å². The fraction of sp³-hybridized carbons (Fsp3) is 0.690. The Morgan fingerprint density at radius 1 is 1.05 bits per heavy atom. The number of rotatable bonds is 14. The highest BCUT2D eigenvalue weighted by Gasteiger charge is 2.36. The Kier molecular flexibility index (Phi) is 14.1. The molecule has 0 aliphatic rings. The van der Waals surface area contributed by atoms with E-state index >= 15 is 0 Å². The molecule has 1 aromatic rings. The lowest BCUT2D eigenvalue weighted by Gasteiger charge is -2.35. The molecule has 7 nitrogen and oxygen atoms in total. The van der Waals surface area contributed by atoms with Gasteiger partial charge in [-0.1, -0.05) is 49.9 Å². The first-order valence-corrected chi connectivity index (χ1v) is 14.9. The molecule has 0 aliphatic carbocycles. The van der Waals surface area contributed by atoms with E-state index < -0.39 is 23.8 Å². The topological polar surface area (TPSA) is 87.7 Å². The number of nitrogens with one attached hydrogen (secondary N) is 2. The minimum Gasteiger partial charge on any atom is -0.444 e. The molecule has 0 saturated heterocycles. The van der Waals surface area contributed by atoms with Crippen molar-refractivity contribution in [2.45, 2.75) is 111 Å². The highest BCUT2D eigenvalue weighted by Crippen LogP contribution is 2.28.